The predicted octanol–water partition coefficient (Wildman–Crippen LogP) is -1.29. The molecule has 2 unspecified atom stereocenters. The monoisotopic (exact) mass is 325 g/mol. The van der Waals surface area contributed by atoms with Crippen LogP contribution in [0.15, 0.2) is 24.5 Å². The summed E-state index contributed by atoms with van der Waals surface area (Å²) in [6, 6.07) is 4.24. The number of likely N-dealkylation sites (tertiary alicyclic amines) is 1. The Hall–Kier alpha value is -1.09. The van der Waals surface area contributed by atoms with Crippen LogP contribution in [0.3, 0.4) is 0 Å². The smallest absolute Gasteiger partial charge is 0.292 e. The number of hydrogen-bond donors (Lipinski definition) is 4. The summed E-state index contributed by atoms with van der Waals surface area (Å²) in [7, 11) is 2.09. The summed E-state index contributed by atoms with van der Waals surface area (Å²) in [5, 5.41) is 39.3. The van der Waals surface area contributed by atoms with Crippen LogP contribution in [-0.4, -0.2) is 69.9 Å². The number of aliphatic hydroxyl groups is 4. The van der Waals surface area contributed by atoms with Crippen molar-refractivity contribution in [2.75, 3.05) is 20.2 Å². The van der Waals surface area contributed by atoms with Crippen LogP contribution in [0.4, 0.5) is 0 Å². The first-order chi connectivity index (χ1) is 11.0. The van der Waals surface area contributed by atoms with E-state index in [0.717, 1.165) is 24.9 Å². The molecule has 128 valence electrons. The summed E-state index contributed by atoms with van der Waals surface area (Å²) >= 11 is 0. The Morgan fingerprint density at radius 3 is 2.70 bits per heavy atom. The van der Waals surface area contributed by atoms with Crippen LogP contribution in [0.25, 0.3) is 0 Å². The number of hydrogen-bond acceptors (Lipinski definition) is 6. The molecule has 3 heterocycles. The highest BCUT2D eigenvalue weighted by molar-refractivity contribution is 5.13. The molecule has 2 saturated heterocycles. The van der Waals surface area contributed by atoms with Crippen molar-refractivity contribution in [2.45, 2.75) is 49.5 Å². The van der Waals surface area contributed by atoms with E-state index in [1.165, 1.54) is 0 Å². The molecule has 0 radical (unpaired) electrons. The second-order valence-corrected chi connectivity index (χ2v) is 6.44. The number of aliphatic hydroxyl groups excluding tert-OH is 4. The summed E-state index contributed by atoms with van der Waals surface area (Å²) in [4.78, 5) is 2.28. The van der Waals surface area contributed by atoms with Crippen LogP contribution in [0.5, 0.6) is 0 Å². The molecule has 4 N–H and O–H groups in total. The van der Waals surface area contributed by atoms with Gasteiger partial charge in [0.1, 0.15) is 18.3 Å². The minimum Gasteiger partial charge on any atom is -0.394 e. The Balaban J connectivity index is 1.85. The number of ether oxygens (including phenoxy) is 1. The van der Waals surface area contributed by atoms with Gasteiger partial charge in [0, 0.05) is 17.7 Å². The minimum absolute atomic E-state index is 0.326. The Bertz CT molecular complexity index is 541. The van der Waals surface area contributed by atoms with Gasteiger partial charge in [0.05, 0.1) is 6.61 Å². The molecule has 7 heteroatoms. The molecule has 7 nitrogen and oxygen atoms in total. The van der Waals surface area contributed by atoms with E-state index in [1.807, 2.05) is 18.3 Å². The molecule has 0 aliphatic carbocycles. The van der Waals surface area contributed by atoms with Crippen LogP contribution >= 0.6 is 0 Å². The maximum absolute atomic E-state index is 10.2. The van der Waals surface area contributed by atoms with Gasteiger partial charge >= 0.3 is 0 Å². The molecule has 6 atom stereocenters. The lowest BCUT2D eigenvalue weighted by atomic mass is 9.98. The highest BCUT2D eigenvalue weighted by Gasteiger charge is 2.48. The lowest BCUT2D eigenvalue weighted by Gasteiger charge is -2.36. The molecule has 0 amide bonds. The zero-order valence-electron chi connectivity index (χ0n) is 13.2. The summed E-state index contributed by atoms with van der Waals surface area (Å²) in [5.74, 6) is 0. The van der Waals surface area contributed by atoms with E-state index >= 15 is 0 Å². The maximum Gasteiger partial charge on any atom is 0.292 e. The third kappa shape index (κ3) is 3.13. The molecule has 0 aromatic carbocycles. The van der Waals surface area contributed by atoms with Gasteiger partial charge in [-0.05, 0) is 32.5 Å². The number of pyridine rings is 1. The summed E-state index contributed by atoms with van der Waals surface area (Å²) < 4.78 is 7.30. The van der Waals surface area contributed by atoms with E-state index in [-0.39, 0.29) is 0 Å². The molecule has 1 aromatic heterocycles. The number of rotatable bonds is 3. The van der Waals surface area contributed by atoms with Gasteiger partial charge in [0.2, 0.25) is 0 Å². The minimum atomic E-state index is -1.36. The average Bonchev–Trinajstić information content (AvgIpc) is 2.99. The van der Waals surface area contributed by atoms with E-state index in [0.29, 0.717) is 6.04 Å². The molecule has 0 bridgehead atoms. The third-order valence-corrected chi connectivity index (χ3v) is 4.91. The molecule has 0 spiro atoms. The summed E-state index contributed by atoms with van der Waals surface area (Å²) in [6.07, 6.45) is 0.165. The van der Waals surface area contributed by atoms with Crippen molar-refractivity contribution in [3.63, 3.8) is 0 Å². The van der Waals surface area contributed by atoms with E-state index in [2.05, 4.69) is 11.9 Å². The van der Waals surface area contributed by atoms with Crippen molar-refractivity contribution in [3.05, 3.63) is 30.1 Å². The normalized spacial score (nSPS) is 38.8. The van der Waals surface area contributed by atoms with Gasteiger partial charge in [-0.3, -0.25) is 4.90 Å². The van der Waals surface area contributed by atoms with Gasteiger partial charge in [-0.25, -0.2) is 0 Å². The van der Waals surface area contributed by atoms with Crippen molar-refractivity contribution in [1.82, 2.24) is 4.90 Å². The van der Waals surface area contributed by atoms with E-state index in [9.17, 15) is 20.4 Å². The molecule has 3 rings (SSSR count). The molecule has 0 saturated carbocycles. The fourth-order valence-corrected chi connectivity index (χ4v) is 3.53. The van der Waals surface area contributed by atoms with Crippen molar-refractivity contribution in [2.24, 2.45) is 0 Å². The van der Waals surface area contributed by atoms with Gasteiger partial charge in [0.25, 0.3) is 6.23 Å². The summed E-state index contributed by atoms with van der Waals surface area (Å²) in [5.41, 5.74) is 1.12. The third-order valence-electron chi connectivity index (χ3n) is 4.91. The average molecular weight is 325 g/mol. The lowest BCUT2D eigenvalue weighted by Crippen LogP contribution is -2.62. The molecule has 23 heavy (non-hydrogen) atoms. The Kier molecular flexibility index (Phi) is 4.96. The first kappa shape index (κ1) is 16.8. The Morgan fingerprint density at radius 1 is 1.26 bits per heavy atom. The van der Waals surface area contributed by atoms with E-state index in [1.54, 1.807) is 10.8 Å². The van der Waals surface area contributed by atoms with Crippen LogP contribution in [0.2, 0.25) is 0 Å². The number of aromatic nitrogens is 1. The molecule has 2 fully saturated rings. The predicted molar refractivity (Wildman–Crippen MR) is 80.3 cm³/mol. The molecular formula is C16H25N2O5+. The zero-order valence-corrected chi connectivity index (χ0v) is 13.2. The van der Waals surface area contributed by atoms with Gasteiger partial charge in [-0.15, -0.1) is 0 Å². The quantitative estimate of drug-likeness (QED) is 0.517. The SMILES string of the molecule is CN1CCCC1c1ccc[n+](C2O[C@H](CO)[C@@H](O)[C@H](O)[C@H]2O)c1. The van der Waals surface area contributed by atoms with Crippen LogP contribution < -0.4 is 4.57 Å². The standard InChI is InChI=1S/C16H25N2O5/c1-17-6-3-5-11(17)10-4-2-7-18(8-10)16-15(22)14(21)13(20)12(9-19)23-16/h2,4,7-8,11-16,19-22H,3,5-6,9H2,1H3/q+1/t11?,12-,13-,14+,15-,16?/m1/s1. The largest absolute Gasteiger partial charge is 0.394 e. The first-order valence-corrected chi connectivity index (χ1v) is 8.04. The van der Waals surface area contributed by atoms with Crippen LogP contribution in [0.1, 0.15) is 30.7 Å². The van der Waals surface area contributed by atoms with Crippen LogP contribution in [0, 0.1) is 0 Å². The fourth-order valence-electron chi connectivity index (χ4n) is 3.53. The van der Waals surface area contributed by atoms with Crippen molar-refractivity contribution < 1.29 is 29.7 Å². The molecule has 2 aliphatic rings. The summed E-state index contributed by atoms with van der Waals surface area (Å²) in [6.45, 7) is 0.632. The van der Waals surface area contributed by atoms with Crippen molar-refractivity contribution >= 4 is 0 Å². The van der Waals surface area contributed by atoms with Crippen LogP contribution in [-0.2, 0) is 4.74 Å². The molecule has 1 aromatic rings. The fraction of sp³-hybridized carbons (Fsp3) is 0.688. The second kappa shape index (κ2) is 6.80. The zero-order chi connectivity index (χ0) is 16.6. The van der Waals surface area contributed by atoms with Crippen molar-refractivity contribution in [3.8, 4) is 0 Å². The number of nitrogens with zero attached hydrogens (tertiary/aromatic N) is 2. The molecular weight excluding hydrogens is 300 g/mol. The van der Waals surface area contributed by atoms with E-state index < -0.39 is 37.3 Å². The Morgan fingerprint density at radius 2 is 2.04 bits per heavy atom. The maximum atomic E-state index is 10.2. The second-order valence-electron chi connectivity index (χ2n) is 6.44. The highest BCUT2D eigenvalue weighted by atomic mass is 16.6. The topological polar surface area (TPSA) is 97.3 Å². The van der Waals surface area contributed by atoms with Gasteiger partial charge in [-0.1, -0.05) is 0 Å². The first-order valence-electron chi connectivity index (χ1n) is 8.04. The highest BCUT2D eigenvalue weighted by Crippen LogP contribution is 2.30. The van der Waals surface area contributed by atoms with Gasteiger partial charge in [-0.2, -0.15) is 4.57 Å². The van der Waals surface area contributed by atoms with Gasteiger partial charge in [0.15, 0.2) is 18.5 Å². The van der Waals surface area contributed by atoms with Crippen molar-refractivity contribution in [1.29, 1.82) is 0 Å². The lowest BCUT2D eigenvalue weighted by molar-refractivity contribution is -0.778. The van der Waals surface area contributed by atoms with E-state index in [4.69, 9.17) is 4.74 Å². The van der Waals surface area contributed by atoms with Gasteiger partial charge < -0.3 is 25.2 Å². The Labute approximate surface area is 135 Å². The molecule has 2 aliphatic heterocycles.